The lowest BCUT2D eigenvalue weighted by atomic mass is 9.83. The van der Waals surface area contributed by atoms with Crippen LogP contribution in [0.3, 0.4) is 0 Å². The Kier molecular flexibility index (Phi) is 1.26. The lowest BCUT2D eigenvalue weighted by Crippen LogP contribution is -2.22. The molecule has 0 aromatic rings. The molecule has 0 atom stereocenters. The maximum atomic E-state index is 11.9. The highest BCUT2D eigenvalue weighted by molar-refractivity contribution is 5.93. The molecule has 0 aromatic heterocycles. The van der Waals surface area contributed by atoms with Gasteiger partial charge in [0, 0.05) is 11.3 Å². The van der Waals surface area contributed by atoms with E-state index in [9.17, 15) is 4.79 Å². The van der Waals surface area contributed by atoms with Gasteiger partial charge in [0.25, 0.3) is 0 Å². The predicted octanol–water partition coefficient (Wildman–Crippen LogP) is 2.55. The first-order chi connectivity index (χ1) is 5.83. The number of fused-ring (bicyclic) bond motifs is 1. The molecule has 0 radical (unpaired) electrons. The van der Waals surface area contributed by atoms with Gasteiger partial charge in [0.1, 0.15) is 5.78 Å². The molecule has 0 unspecified atom stereocenters. The van der Waals surface area contributed by atoms with E-state index in [1.165, 1.54) is 44.9 Å². The summed E-state index contributed by atoms with van der Waals surface area (Å²) >= 11 is 0. The summed E-state index contributed by atoms with van der Waals surface area (Å²) in [6, 6.07) is 0. The third-order valence-electron chi connectivity index (χ3n) is 4.15. The molecule has 1 nitrogen and oxygen atoms in total. The van der Waals surface area contributed by atoms with E-state index < -0.39 is 0 Å². The summed E-state index contributed by atoms with van der Waals surface area (Å²) in [4.78, 5) is 11.9. The van der Waals surface area contributed by atoms with E-state index in [1.54, 1.807) is 0 Å². The van der Waals surface area contributed by atoms with Crippen LogP contribution in [0.2, 0.25) is 0 Å². The van der Waals surface area contributed by atoms with Crippen molar-refractivity contribution in [2.75, 3.05) is 0 Å². The molecular formula is C11H16O. The summed E-state index contributed by atoms with van der Waals surface area (Å²) in [5.74, 6) is 1.99. The molecule has 66 valence electrons. The van der Waals surface area contributed by atoms with Crippen LogP contribution in [0, 0.1) is 17.3 Å². The summed E-state index contributed by atoms with van der Waals surface area (Å²) in [6.45, 7) is 0. The fraction of sp³-hybridized carbons (Fsp3) is 0.909. The average molecular weight is 164 g/mol. The molecule has 3 fully saturated rings. The normalized spacial score (nSPS) is 45.2. The molecule has 0 spiro atoms. The van der Waals surface area contributed by atoms with Gasteiger partial charge in [-0.05, 0) is 31.6 Å². The van der Waals surface area contributed by atoms with Gasteiger partial charge in [0.15, 0.2) is 0 Å². The Morgan fingerprint density at radius 2 is 1.67 bits per heavy atom. The van der Waals surface area contributed by atoms with Crippen molar-refractivity contribution in [3.05, 3.63) is 0 Å². The predicted molar refractivity (Wildman–Crippen MR) is 46.7 cm³/mol. The Balaban J connectivity index is 1.67. The molecule has 0 amide bonds. The summed E-state index contributed by atoms with van der Waals surface area (Å²) in [5, 5.41) is 0. The number of rotatable bonds is 2. The first-order valence-electron chi connectivity index (χ1n) is 5.37. The molecule has 12 heavy (non-hydrogen) atoms. The Morgan fingerprint density at radius 3 is 2.17 bits per heavy atom. The minimum Gasteiger partial charge on any atom is -0.299 e. The van der Waals surface area contributed by atoms with Crippen LogP contribution >= 0.6 is 0 Å². The van der Waals surface area contributed by atoms with Crippen molar-refractivity contribution in [3.8, 4) is 0 Å². The molecule has 3 aliphatic rings. The van der Waals surface area contributed by atoms with Gasteiger partial charge in [-0.1, -0.05) is 19.3 Å². The zero-order chi connectivity index (χ0) is 8.18. The fourth-order valence-corrected chi connectivity index (χ4v) is 2.88. The van der Waals surface area contributed by atoms with Crippen LogP contribution in [0.4, 0.5) is 0 Å². The molecule has 0 bridgehead atoms. The highest BCUT2D eigenvalue weighted by Gasteiger charge is 2.74. The number of hydrogen-bond acceptors (Lipinski definition) is 1. The van der Waals surface area contributed by atoms with Crippen molar-refractivity contribution in [1.29, 1.82) is 0 Å². The number of hydrogen-bond donors (Lipinski definition) is 0. The van der Waals surface area contributed by atoms with Crippen LogP contribution in [0.5, 0.6) is 0 Å². The molecular weight excluding hydrogens is 148 g/mol. The average Bonchev–Trinajstić information content (AvgIpc) is 2.91. The van der Waals surface area contributed by atoms with Crippen LogP contribution in [0.1, 0.15) is 44.9 Å². The van der Waals surface area contributed by atoms with E-state index in [0.29, 0.717) is 17.1 Å². The van der Waals surface area contributed by atoms with Gasteiger partial charge in [-0.15, -0.1) is 0 Å². The molecule has 0 saturated heterocycles. The molecule has 0 aliphatic heterocycles. The minimum absolute atomic E-state index is 0.294. The van der Waals surface area contributed by atoms with E-state index in [2.05, 4.69) is 0 Å². The Morgan fingerprint density at radius 1 is 1.08 bits per heavy atom. The lowest BCUT2D eigenvalue weighted by Gasteiger charge is -2.21. The van der Waals surface area contributed by atoms with Gasteiger partial charge in [0.2, 0.25) is 0 Å². The quantitative estimate of drug-likeness (QED) is 0.613. The smallest absolute Gasteiger partial charge is 0.142 e. The van der Waals surface area contributed by atoms with Gasteiger partial charge in [-0.2, -0.15) is 0 Å². The Bertz CT molecular complexity index is 219. The summed E-state index contributed by atoms with van der Waals surface area (Å²) in [5.41, 5.74) is 0.294. The Labute approximate surface area is 73.5 Å². The van der Waals surface area contributed by atoms with Crippen molar-refractivity contribution in [1.82, 2.24) is 0 Å². The largest absolute Gasteiger partial charge is 0.299 e. The van der Waals surface area contributed by atoms with Crippen molar-refractivity contribution in [2.24, 2.45) is 17.3 Å². The zero-order valence-corrected chi connectivity index (χ0v) is 7.51. The number of Topliss-reactive ketones (excluding diaryl/α,β-unsaturated/α-hetero) is 1. The SMILES string of the molecule is O=C(C1CCCCC1)C12CC1C2. The molecule has 1 heteroatoms. The maximum Gasteiger partial charge on any atom is 0.142 e. The van der Waals surface area contributed by atoms with Gasteiger partial charge >= 0.3 is 0 Å². The minimum atomic E-state index is 0.294. The Hall–Kier alpha value is -0.330. The molecule has 3 aliphatic carbocycles. The van der Waals surface area contributed by atoms with Crippen molar-refractivity contribution >= 4 is 5.78 Å². The molecule has 3 rings (SSSR count). The number of carbonyl (C=O) groups is 1. The van der Waals surface area contributed by atoms with E-state index in [-0.39, 0.29) is 0 Å². The molecule has 3 saturated carbocycles. The number of carbonyl (C=O) groups excluding carboxylic acids is 1. The van der Waals surface area contributed by atoms with Crippen LogP contribution in [-0.4, -0.2) is 5.78 Å². The third-order valence-corrected chi connectivity index (χ3v) is 4.15. The van der Waals surface area contributed by atoms with Crippen LogP contribution in [0.25, 0.3) is 0 Å². The van der Waals surface area contributed by atoms with E-state index in [0.717, 1.165) is 5.92 Å². The van der Waals surface area contributed by atoms with Crippen LogP contribution in [0.15, 0.2) is 0 Å². The van der Waals surface area contributed by atoms with E-state index in [1.807, 2.05) is 0 Å². The lowest BCUT2D eigenvalue weighted by molar-refractivity contribution is -0.127. The monoisotopic (exact) mass is 164 g/mol. The summed E-state index contributed by atoms with van der Waals surface area (Å²) < 4.78 is 0. The standard InChI is InChI=1S/C11H16O/c12-10(11-6-9(11)7-11)8-4-2-1-3-5-8/h8-9H,1-7H2. The number of ketones is 1. The third kappa shape index (κ3) is 0.826. The highest BCUT2D eigenvalue weighted by Crippen LogP contribution is 2.76. The first-order valence-corrected chi connectivity index (χ1v) is 5.37. The zero-order valence-electron chi connectivity index (χ0n) is 7.51. The van der Waals surface area contributed by atoms with E-state index in [4.69, 9.17) is 0 Å². The summed E-state index contributed by atoms with van der Waals surface area (Å²) in [6.07, 6.45) is 8.87. The van der Waals surface area contributed by atoms with Crippen molar-refractivity contribution in [2.45, 2.75) is 44.9 Å². The topological polar surface area (TPSA) is 17.1 Å². The maximum absolute atomic E-state index is 11.9. The van der Waals surface area contributed by atoms with Crippen LogP contribution in [-0.2, 0) is 4.79 Å². The highest BCUT2D eigenvalue weighted by atomic mass is 16.1. The van der Waals surface area contributed by atoms with Crippen molar-refractivity contribution in [3.63, 3.8) is 0 Å². The first kappa shape index (κ1) is 7.11. The second-order valence-electron chi connectivity index (χ2n) is 4.96. The van der Waals surface area contributed by atoms with Gasteiger partial charge < -0.3 is 0 Å². The van der Waals surface area contributed by atoms with Crippen LogP contribution < -0.4 is 0 Å². The molecule has 0 N–H and O–H groups in total. The molecule has 0 heterocycles. The van der Waals surface area contributed by atoms with Gasteiger partial charge in [0.05, 0.1) is 0 Å². The van der Waals surface area contributed by atoms with E-state index >= 15 is 0 Å². The second-order valence-corrected chi connectivity index (χ2v) is 4.96. The summed E-state index contributed by atoms with van der Waals surface area (Å²) in [7, 11) is 0. The second kappa shape index (κ2) is 2.12. The van der Waals surface area contributed by atoms with Gasteiger partial charge in [-0.25, -0.2) is 0 Å². The van der Waals surface area contributed by atoms with Crippen molar-refractivity contribution < 1.29 is 4.79 Å². The fourth-order valence-electron chi connectivity index (χ4n) is 2.88. The molecule has 0 aromatic carbocycles. The van der Waals surface area contributed by atoms with Gasteiger partial charge in [-0.3, -0.25) is 4.79 Å².